The van der Waals surface area contributed by atoms with Crippen LogP contribution in [-0.4, -0.2) is 15.9 Å². The number of amides is 1. The first-order valence-electron chi connectivity index (χ1n) is 7.23. The SMILES string of the molecule is O=C(NCc1ccccc1Cl)c1cnc(-c2ccc(Cl)cc2)nc1. The Balaban J connectivity index is 1.68. The van der Waals surface area contributed by atoms with E-state index < -0.39 is 0 Å². The topological polar surface area (TPSA) is 54.9 Å². The minimum absolute atomic E-state index is 0.252. The van der Waals surface area contributed by atoms with Crippen LogP contribution in [-0.2, 0) is 6.54 Å². The minimum atomic E-state index is -0.252. The fourth-order valence-corrected chi connectivity index (χ4v) is 2.44. The summed E-state index contributed by atoms with van der Waals surface area (Å²) in [5.74, 6) is 0.284. The van der Waals surface area contributed by atoms with Gasteiger partial charge in [-0.25, -0.2) is 9.97 Å². The lowest BCUT2D eigenvalue weighted by Gasteiger charge is -2.07. The summed E-state index contributed by atoms with van der Waals surface area (Å²) in [6, 6.07) is 14.6. The molecule has 24 heavy (non-hydrogen) atoms. The molecule has 0 aliphatic heterocycles. The van der Waals surface area contributed by atoms with Gasteiger partial charge in [0.1, 0.15) is 0 Å². The fraction of sp³-hybridized carbons (Fsp3) is 0.0556. The number of nitrogens with one attached hydrogen (secondary N) is 1. The summed E-state index contributed by atoms with van der Waals surface area (Å²) in [5.41, 5.74) is 2.08. The molecule has 120 valence electrons. The summed E-state index contributed by atoms with van der Waals surface area (Å²) < 4.78 is 0. The Kier molecular flexibility index (Phi) is 5.08. The Hall–Kier alpha value is -2.43. The average Bonchev–Trinajstić information content (AvgIpc) is 2.62. The second-order valence-electron chi connectivity index (χ2n) is 5.08. The lowest BCUT2D eigenvalue weighted by atomic mass is 10.2. The maximum Gasteiger partial charge on any atom is 0.254 e. The van der Waals surface area contributed by atoms with Crippen LogP contribution in [0.5, 0.6) is 0 Å². The highest BCUT2D eigenvalue weighted by Crippen LogP contribution is 2.18. The second-order valence-corrected chi connectivity index (χ2v) is 5.92. The largest absolute Gasteiger partial charge is 0.348 e. The molecule has 0 radical (unpaired) electrons. The van der Waals surface area contributed by atoms with Crippen LogP contribution < -0.4 is 5.32 Å². The molecule has 0 fully saturated rings. The predicted octanol–water partition coefficient (Wildman–Crippen LogP) is 4.38. The van der Waals surface area contributed by atoms with Gasteiger partial charge in [0.05, 0.1) is 5.56 Å². The number of carbonyl (C=O) groups excluding carboxylic acids is 1. The van der Waals surface area contributed by atoms with Crippen LogP contribution in [0.2, 0.25) is 10.0 Å². The van der Waals surface area contributed by atoms with Crippen molar-refractivity contribution in [3.05, 3.63) is 82.1 Å². The monoisotopic (exact) mass is 357 g/mol. The third-order valence-electron chi connectivity index (χ3n) is 3.41. The number of benzene rings is 2. The number of nitrogens with zero attached hydrogens (tertiary/aromatic N) is 2. The van der Waals surface area contributed by atoms with Crippen LogP contribution >= 0.6 is 23.2 Å². The molecule has 6 heteroatoms. The average molecular weight is 358 g/mol. The van der Waals surface area contributed by atoms with Gasteiger partial charge in [-0.1, -0.05) is 41.4 Å². The molecule has 2 aromatic carbocycles. The van der Waals surface area contributed by atoms with E-state index in [1.54, 1.807) is 18.2 Å². The highest BCUT2D eigenvalue weighted by Gasteiger charge is 2.09. The molecular formula is C18H13Cl2N3O. The van der Waals surface area contributed by atoms with Gasteiger partial charge in [-0.15, -0.1) is 0 Å². The number of carbonyl (C=O) groups is 1. The van der Waals surface area contributed by atoms with Crippen LogP contribution in [0, 0.1) is 0 Å². The minimum Gasteiger partial charge on any atom is -0.348 e. The number of hydrogen-bond acceptors (Lipinski definition) is 3. The summed E-state index contributed by atoms with van der Waals surface area (Å²) in [6.07, 6.45) is 3.00. The first-order valence-corrected chi connectivity index (χ1v) is 7.98. The Morgan fingerprint density at radius 1 is 0.958 bits per heavy atom. The maximum atomic E-state index is 12.2. The molecular weight excluding hydrogens is 345 g/mol. The van der Waals surface area contributed by atoms with Crippen LogP contribution in [0.1, 0.15) is 15.9 Å². The number of hydrogen-bond donors (Lipinski definition) is 1. The van der Waals surface area contributed by atoms with Crippen molar-refractivity contribution in [2.45, 2.75) is 6.54 Å². The van der Waals surface area contributed by atoms with Crippen molar-refractivity contribution >= 4 is 29.1 Å². The Morgan fingerprint density at radius 2 is 1.62 bits per heavy atom. The highest BCUT2D eigenvalue weighted by molar-refractivity contribution is 6.31. The Labute approximate surface area is 149 Å². The van der Waals surface area contributed by atoms with E-state index in [0.717, 1.165) is 11.1 Å². The molecule has 1 N–H and O–H groups in total. The predicted molar refractivity (Wildman–Crippen MR) is 95.1 cm³/mol. The summed E-state index contributed by atoms with van der Waals surface area (Å²) in [7, 11) is 0. The first-order chi connectivity index (χ1) is 11.6. The molecule has 0 spiro atoms. The van der Waals surface area contributed by atoms with Crippen LogP contribution in [0.25, 0.3) is 11.4 Å². The van der Waals surface area contributed by atoms with E-state index in [1.165, 1.54) is 12.4 Å². The van der Waals surface area contributed by atoms with E-state index in [1.807, 2.05) is 30.3 Å². The third kappa shape index (κ3) is 3.91. The summed E-state index contributed by atoms with van der Waals surface area (Å²) in [5, 5.41) is 4.07. The van der Waals surface area contributed by atoms with Gasteiger partial charge >= 0.3 is 0 Å². The van der Waals surface area contributed by atoms with Gasteiger partial charge in [0.25, 0.3) is 5.91 Å². The van der Waals surface area contributed by atoms with Crippen molar-refractivity contribution < 1.29 is 4.79 Å². The lowest BCUT2D eigenvalue weighted by molar-refractivity contribution is 0.0950. The third-order valence-corrected chi connectivity index (χ3v) is 4.03. The molecule has 0 saturated carbocycles. The molecule has 3 aromatic rings. The van der Waals surface area contributed by atoms with E-state index in [2.05, 4.69) is 15.3 Å². The van der Waals surface area contributed by atoms with Gasteiger partial charge in [0, 0.05) is 34.5 Å². The molecule has 1 amide bonds. The maximum absolute atomic E-state index is 12.2. The van der Waals surface area contributed by atoms with Crippen molar-refractivity contribution in [3.63, 3.8) is 0 Å². The standard InChI is InChI=1S/C18H13Cl2N3O/c19-15-7-5-12(6-8-15)17-21-10-14(11-22-17)18(24)23-9-13-3-1-2-4-16(13)20/h1-8,10-11H,9H2,(H,23,24). The Morgan fingerprint density at radius 3 is 2.29 bits per heavy atom. The van der Waals surface area contributed by atoms with Crippen LogP contribution in [0.4, 0.5) is 0 Å². The second kappa shape index (κ2) is 7.43. The van der Waals surface area contributed by atoms with E-state index in [-0.39, 0.29) is 5.91 Å². The van der Waals surface area contributed by atoms with E-state index in [0.29, 0.717) is 28.0 Å². The van der Waals surface area contributed by atoms with E-state index in [9.17, 15) is 4.79 Å². The normalized spacial score (nSPS) is 10.4. The fourth-order valence-electron chi connectivity index (χ4n) is 2.11. The summed E-state index contributed by atoms with van der Waals surface area (Å²) in [6.45, 7) is 0.345. The van der Waals surface area contributed by atoms with Crippen LogP contribution in [0.3, 0.4) is 0 Å². The number of rotatable bonds is 4. The highest BCUT2D eigenvalue weighted by atomic mass is 35.5. The molecule has 0 aliphatic carbocycles. The summed E-state index contributed by atoms with van der Waals surface area (Å²) >= 11 is 11.9. The molecule has 3 rings (SSSR count). The Bertz CT molecular complexity index is 849. The summed E-state index contributed by atoms with van der Waals surface area (Å²) in [4.78, 5) is 20.6. The van der Waals surface area contributed by atoms with Gasteiger partial charge in [0.2, 0.25) is 0 Å². The van der Waals surface area contributed by atoms with Crippen molar-refractivity contribution in [1.29, 1.82) is 0 Å². The lowest BCUT2D eigenvalue weighted by Crippen LogP contribution is -2.23. The van der Waals surface area contributed by atoms with Gasteiger partial charge < -0.3 is 5.32 Å². The van der Waals surface area contributed by atoms with Gasteiger partial charge in [-0.2, -0.15) is 0 Å². The van der Waals surface area contributed by atoms with Crippen molar-refractivity contribution in [2.75, 3.05) is 0 Å². The molecule has 1 heterocycles. The van der Waals surface area contributed by atoms with Crippen molar-refractivity contribution in [3.8, 4) is 11.4 Å². The molecule has 4 nitrogen and oxygen atoms in total. The molecule has 1 aromatic heterocycles. The zero-order valence-corrected chi connectivity index (χ0v) is 14.1. The van der Waals surface area contributed by atoms with E-state index >= 15 is 0 Å². The van der Waals surface area contributed by atoms with Gasteiger partial charge in [-0.05, 0) is 35.9 Å². The molecule has 0 bridgehead atoms. The molecule has 0 atom stereocenters. The van der Waals surface area contributed by atoms with Gasteiger partial charge in [-0.3, -0.25) is 4.79 Å². The van der Waals surface area contributed by atoms with Crippen LogP contribution in [0.15, 0.2) is 60.9 Å². The van der Waals surface area contributed by atoms with Gasteiger partial charge in [0.15, 0.2) is 5.82 Å². The first kappa shape index (κ1) is 16.4. The quantitative estimate of drug-likeness (QED) is 0.753. The molecule has 0 unspecified atom stereocenters. The zero-order valence-electron chi connectivity index (χ0n) is 12.5. The molecule has 0 aliphatic rings. The smallest absolute Gasteiger partial charge is 0.254 e. The zero-order chi connectivity index (χ0) is 16.9. The van der Waals surface area contributed by atoms with E-state index in [4.69, 9.17) is 23.2 Å². The van der Waals surface area contributed by atoms with Crippen molar-refractivity contribution in [1.82, 2.24) is 15.3 Å². The van der Waals surface area contributed by atoms with Crippen molar-refractivity contribution in [2.24, 2.45) is 0 Å². The number of aromatic nitrogens is 2. The number of halogens is 2. The molecule has 0 saturated heterocycles.